The molecule has 1 fully saturated rings. The van der Waals surface area contributed by atoms with Gasteiger partial charge in [-0.25, -0.2) is 9.37 Å². The van der Waals surface area contributed by atoms with Gasteiger partial charge in [-0.2, -0.15) is 4.52 Å². The highest BCUT2D eigenvalue weighted by Crippen LogP contribution is 2.25. The van der Waals surface area contributed by atoms with Gasteiger partial charge in [-0.05, 0) is 65.2 Å². The molecule has 1 atom stereocenters. The summed E-state index contributed by atoms with van der Waals surface area (Å²) >= 11 is 3.34. The van der Waals surface area contributed by atoms with Gasteiger partial charge in [0.15, 0.2) is 11.5 Å². The maximum absolute atomic E-state index is 14.3. The minimum Gasteiger partial charge on any atom is -0.354 e. The Morgan fingerprint density at radius 3 is 2.81 bits per heavy atom. The number of fused-ring (bicyclic) bond motifs is 1. The van der Waals surface area contributed by atoms with Crippen LogP contribution in [0.2, 0.25) is 0 Å². The summed E-state index contributed by atoms with van der Waals surface area (Å²) in [4.78, 5) is 19.1. The first-order valence-electron chi connectivity index (χ1n) is 10.2. The Hall–Kier alpha value is -3.40. The summed E-state index contributed by atoms with van der Waals surface area (Å²) < 4.78 is 16.7. The first-order chi connectivity index (χ1) is 15.6. The fraction of sp³-hybridized carbons (Fsp3) is 0.227. The molecule has 0 bridgehead atoms. The second-order valence-corrected chi connectivity index (χ2v) is 8.52. The molecule has 32 heavy (non-hydrogen) atoms. The molecule has 0 saturated carbocycles. The van der Waals surface area contributed by atoms with Crippen LogP contribution in [-0.2, 0) is 4.79 Å². The molecule has 0 radical (unpaired) electrons. The quantitative estimate of drug-likeness (QED) is 0.461. The lowest BCUT2D eigenvalue weighted by atomic mass is 9.97. The Labute approximate surface area is 191 Å². The van der Waals surface area contributed by atoms with E-state index in [1.165, 1.54) is 6.07 Å². The number of halogens is 2. The predicted octanol–water partition coefficient (Wildman–Crippen LogP) is 3.94. The molecule has 3 aromatic heterocycles. The van der Waals surface area contributed by atoms with Crippen molar-refractivity contribution in [2.24, 2.45) is 5.92 Å². The van der Waals surface area contributed by atoms with E-state index in [0.717, 1.165) is 23.9 Å². The summed E-state index contributed by atoms with van der Waals surface area (Å²) in [6.45, 7) is 1.30. The van der Waals surface area contributed by atoms with Crippen molar-refractivity contribution >= 4 is 39.1 Å². The summed E-state index contributed by atoms with van der Waals surface area (Å²) in [5, 5.41) is 15.8. The van der Waals surface area contributed by atoms with Gasteiger partial charge in [0.1, 0.15) is 17.5 Å². The third-order valence-corrected chi connectivity index (χ3v) is 5.93. The highest BCUT2D eigenvalue weighted by Gasteiger charge is 2.27. The van der Waals surface area contributed by atoms with Crippen LogP contribution in [-0.4, -0.2) is 43.8 Å². The molecular formula is C22H19BrFN7O. The summed E-state index contributed by atoms with van der Waals surface area (Å²) in [5.74, 6) is 0.904. The molecule has 0 spiro atoms. The van der Waals surface area contributed by atoms with Gasteiger partial charge in [-0.3, -0.25) is 4.79 Å². The number of nitrogens with one attached hydrogen (secondary N) is 1. The first-order valence-corrected chi connectivity index (χ1v) is 11.0. The van der Waals surface area contributed by atoms with Crippen molar-refractivity contribution < 1.29 is 9.18 Å². The SMILES string of the molecule is O=C(Nc1ccc(Br)cn1)[C@@H]1CCCN(c2ccc3nnc(-c4ccccc4F)n3n2)C1. The number of amides is 1. The molecule has 4 heterocycles. The molecule has 0 unspecified atom stereocenters. The van der Waals surface area contributed by atoms with E-state index in [4.69, 9.17) is 0 Å². The van der Waals surface area contributed by atoms with Gasteiger partial charge in [-0.1, -0.05) is 12.1 Å². The van der Waals surface area contributed by atoms with Crippen LogP contribution in [0.3, 0.4) is 0 Å². The van der Waals surface area contributed by atoms with Crippen LogP contribution in [0.5, 0.6) is 0 Å². The van der Waals surface area contributed by atoms with E-state index < -0.39 is 0 Å². The highest BCUT2D eigenvalue weighted by molar-refractivity contribution is 9.10. The van der Waals surface area contributed by atoms with E-state index in [9.17, 15) is 9.18 Å². The van der Waals surface area contributed by atoms with Crippen LogP contribution in [0.1, 0.15) is 12.8 Å². The highest BCUT2D eigenvalue weighted by atomic mass is 79.9. The van der Waals surface area contributed by atoms with Crippen molar-refractivity contribution in [2.45, 2.75) is 12.8 Å². The number of hydrogen-bond donors (Lipinski definition) is 1. The smallest absolute Gasteiger partial charge is 0.230 e. The minimum atomic E-state index is -0.384. The van der Waals surface area contributed by atoms with Gasteiger partial charge >= 0.3 is 0 Å². The van der Waals surface area contributed by atoms with Crippen LogP contribution in [0.15, 0.2) is 59.2 Å². The van der Waals surface area contributed by atoms with Crippen molar-refractivity contribution in [1.29, 1.82) is 0 Å². The number of carbonyl (C=O) groups is 1. The summed E-state index contributed by atoms with van der Waals surface area (Å²) in [6.07, 6.45) is 3.29. The zero-order valence-electron chi connectivity index (χ0n) is 16.9. The lowest BCUT2D eigenvalue weighted by molar-refractivity contribution is -0.120. The number of piperidine rings is 1. The number of nitrogens with zero attached hydrogens (tertiary/aromatic N) is 6. The zero-order chi connectivity index (χ0) is 22.1. The molecule has 4 aromatic rings. The topological polar surface area (TPSA) is 88.3 Å². The Kier molecular flexibility index (Phi) is 5.52. The third kappa shape index (κ3) is 4.05. The maximum Gasteiger partial charge on any atom is 0.230 e. The van der Waals surface area contributed by atoms with E-state index in [0.29, 0.717) is 35.2 Å². The van der Waals surface area contributed by atoms with E-state index in [2.05, 4.69) is 46.4 Å². The molecule has 1 saturated heterocycles. The number of pyridine rings is 1. The lowest BCUT2D eigenvalue weighted by Gasteiger charge is -2.32. The molecule has 1 aliphatic heterocycles. The molecule has 0 aliphatic carbocycles. The predicted molar refractivity (Wildman–Crippen MR) is 122 cm³/mol. The first kappa shape index (κ1) is 20.5. The van der Waals surface area contributed by atoms with E-state index in [-0.39, 0.29) is 17.6 Å². The van der Waals surface area contributed by atoms with Gasteiger partial charge < -0.3 is 10.2 Å². The van der Waals surface area contributed by atoms with Crippen molar-refractivity contribution in [3.8, 4) is 11.4 Å². The van der Waals surface area contributed by atoms with Crippen LogP contribution >= 0.6 is 15.9 Å². The fourth-order valence-corrected chi connectivity index (χ4v) is 4.07. The summed E-state index contributed by atoms with van der Waals surface area (Å²) in [7, 11) is 0. The third-order valence-electron chi connectivity index (χ3n) is 5.46. The fourth-order valence-electron chi connectivity index (χ4n) is 3.84. The molecule has 10 heteroatoms. The Morgan fingerprint density at radius 1 is 1.12 bits per heavy atom. The average molecular weight is 496 g/mol. The molecule has 1 N–H and O–H groups in total. The number of benzene rings is 1. The molecule has 5 rings (SSSR count). The van der Waals surface area contributed by atoms with Gasteiger partial charge in [0.05, 0.1) is 11.5 Å². The zero-order valence-corrected chi connectivity index (χ0v) is 18.5. The molecule has 8 nitrogen and oxygen atoms in total. The number of rotatable bonds is 4. The second kappa shape index (κ2) is 8.62. The number of aromatic nitrogens is 5. The monoisotopic (exact) mass is 495 g/mol. The minimum absolute atomic E-state index is 0.0676. The number of hydrogen-bond acceptors (Lipinski definition) is 6. The standard InChI is InChI=1S/C22H19BrFN7O/c23-15-7-8-18(25-12-15)26-22(32)14-4-3-11-30(13-14)20-10-9-19-27-28-21(31(19)29-20)16-5-1-2-6-17(16)24/h1-2,5-10,12,14H,3-4,11,13H2,(H,25,26,32)/t14-/m1/s1. The van der Waals surface area contributed by atoms with Crippen LogP contribution in [0.4, 0.5) is 16.0 Å². The largest absolute Gasteiger partial charge is 0.354 e. The van der Waals surface area contributed by atoms with Crippen molar-refractivity contribution in [3.63, 3.8) is 0 Å². The van der Waals surface area contributed by atoms with Crippen molar-refractivity contribution in [1.82, 2.24) is 24.8 Å². The normalized spacial score (nSPS) is 16.3. The average Bonchev–Trinajstić information content (AvgIpc) is 3.24. The Balaban J connectivity index is 1.37. The van der Waals surface area contributed by atoms with Crippen LogP contribution < -0.4 is 10.2 Å². The van der Waals surface area contributed by atoms with Gasteiger partial charge in [-0.15, -0.1) is 15.3 Å². The van der Waals surface area contributed by atoms with Gasteiger partial charge in [0.2, 0.25) is 5.91 Å². The number of anilines is 2. The van der Waals surface area contributed by atoms with Crippen LogP contribution in [0, 0.1) is 11.7 Å². The lowest BCUT2D eigenvalue weighted by Crippen LogP contribution is -2.41. The molecule has 1 aromatic carbocycles. The van der Waals surface area contributed by atoms with E-state index in [1.54, 1.807) is 41.0 Å². The van der Waals surface area contributed by atoms with Gasteiger partial charge in [0.25, 0.3) is 0 Å². The van der Waals surface area contributed by atoms with Crippen molar-refractivity contribution in [2.75, 3.05) is 23.3 Å². The molecule has 1 aliphatic rings. The summed E-state index contributed by atoms with van der Waals surface area (Å²) in [5.41, 5.74) is 0.863. The van der Waals surface area contributed by atoms with E-state index in [1.807, 2.05) is 12.1 Å². The second-order valence-electron chi connectivity index (χ2n) is 7.60. The Morgan fingerprint density at radius 2 is 2.00 bits per heavy atom. The molecular weight excluding hydrogens is 477 g/mol. The molecule has 162 valence electrons. The van der Waals surface area contributed by atoms with Gasteiger partial charge in [0, 0.05) is 23.8 Å². The number of carbonyl (C=O) groups excluding carboxylic acids is 1. The summed E-state index contributed by atoms with van der Waals surface area (Å²) in [6, 6.07) is 13.7. The van der Waals surface area contributed by atoms with Crippen LogP contribution in [0.25, 0.3) is 17.0 Å². The maximum atomic E-state index is 14.3. The molecule has 1 amide bonds. The Bertz CT molecular complexity index is 1280. The van der Waals surface area contributed by atoms with E-state index >= 15 is 0 Å². The van der Waals surface area contributed by atoms with Crippen molar-refractivity contribution in [3.05, 3.63) is 65.0 Å².